The first-order valence-electron chi connectivity index (χ1n) is 6.37. The molecule has 5 nitrogen and oxygen atoms in total. The highest BCUT2D eigenvalue weighted by molar-refractivity contribution is 5.95. The molecule has 0 aliphatic heterocycles. The second-order valence-electron chi connectivity index (χ2n) is 4.45. The van der Waals surface area contributed by atoms with Crippen LogP contribution in [0.15, 0.2) is 18.2 Å². The number of carbonyl (C=O) groups is 1. The Morgan fingerprint density at radius 1 is 1.42 bits per heavy atom. The molecular weight excluding hydrogens is 244 g/mol. The minimum absolute atomic E-state index is 0.0501. The first-order chi connectivity index (χ1) is 8.97. The molecule has 0 heterocycles. The Kier molecular flexibility index (Phi) is 5.63. The molecule has 2 unspecified atom stereocenters. The van der Waals surface area contributed by atoms with Gasteiger partial charge in [0.1, 0.15) is 11.9 Å². The van der Waals surface area contributed by atoms with Crippen molar-refractivity contribution in [1.29, 1.82) is 0 Å². The summed E-state index contributed by atoms with van der Waals surface area (Å²) in [5, 5.41) is 2.77. The maximum atomic E-state index is 12.0. The summed E-state index contributed by atoms with van der Waals surface area (Å²) < 4.78 is 10.7. The summed E-state index contributed by atoms with van der Waals surface area (Å²) in [7, 11) is 1.53. The van der Waals surface area contributed by atoms with Crippen molar-refractivity contribution in [2.24, 2.45) is 0 Å². The van der Waals surface area contributed by atoms with E-state index in [1.165, 1.54) is 7.11 Å². The van der Waals surface area contributed by atoms with Gasteiger partial charge in [-0.15, -0.1) is 0 Å². The maximum Gasteiger partial charge on any atom is 0.253 e. The van der Waals surface area contributed by atoms with Crippen LogP contribution >= 0.6 is 0 Å². The summed E-state index contributed by atoms with van der Waals surface area (Å²) in [5.41, 5.74) is 6.83. The molecule has 2 atom stereocenters. The summed E-state index contributed by atoms with van der Waals surface area (Å²) in [5.74, 6) is 0.326. The average molecular weight is 266 g/mol. The van der Waals surface area contributed by atoms with E-state index in [0.29, 0.717) is 17.1 Å². The Balaban J connectivity index is 2.71. The first-order valence-corrected chi connectivity index (χ1v) is 6.37. The monoisotopic (exact) mass is 266 g/mol. The molecule has 0 bridgehead atoms. The molecule has 0 aliphatic rings. The topological polar surface area (TPSA) is 73.6 Å². The van der Waals surface area contributed by atoms with E-state index in [9.17, 15) is 4.79 Å². The van der Waals surface area contributed by atoms with E-state index < -0.39 is 6.10 Å². The molecule has 1 aromatic carbocycles. The third-order valence-electron chi connectivity index (χ3n) is 2.86. The van der Waals surface area contributed by atoms with Crippen LogP contribution in [0.3, 0.4) is 0 Å². The number of anilines is 2. The Morgan fingerprint density at radius 3 is 2.68 bits per heavy atom. The lowest BCUT2D eigenvalue weighted by molar-refractivity contribution is -0.129. The van der Waals surface area contributed by atoms with E-state index in [2.05, 4.69) is 5.32 Å². The zero-order valence-corrected chi connectivity index (χ0v) is 11.9. The number of methoxy groups -OCH3 is 1. The Morgan fingerprint density at radius 2 is 2.11 bits per heavy atom. The number of benzene rings is 1. The minimum atomic E-state index is -0.516. The van der Waals surface area contributed by atoms with E-state index >= 15 is 0 Å². The van der Waals surface area contributed by atoms with Crippen LogP contribution in [-0.2, 0) is 9.53 Å². The van der Waals surface area contributed by atoms with Crippen LogP contribution in [0.5, 0.6) is 5.75 Å². The summed E-state index contributed by atoms with van der Waals surface area (Å²) >= 11 is 0. The van der Waals surface area contributed by atoms with E-state index in [-0.39, 0.29) is 12.0 Å². The molecule has 1 aromatic rings. The molecule has 0 radical (unpaired) electrons. The van der Waals surface area contributed by atoms with Crippen molar-refractivity contribution >= 4 is 17.3 Å². The van der Waals surface area contributed by atoms with Crippen molar-refractivity contribution in [2.75, 3.05) is 18.2 Å². The number of ether oxygens (including phenoxy) is 2. The van der Waals surface area contributed by atoms with Gasteiger partial charge in [0.2, 0.25) is 0 Å². The van der Waals surface area contributed by atoms with Crippen LogP contribution < -0.4 is 15.8 Å². The Hall–Kier alpha value is -1.75. The van der Waals surface area contributed by atoms with Crippen molar-refractivity contribution in [1.82, 2.24) is 0 Å². The van der Waals surface area contributed by atoms with E-state index in [1.807, 2.05) is 13.8 Å². The zero-order valence-electron chi connectivity index (χ0n) is 11.9. The lowest BCUT2D eigenvalue weighted by Gasteiger charge is -2.18. The third kappa shape index (κ3) is 4.44. The van der Waals surface area contributed by atoms with Crippen LogP contribution in [0.1, 0.15) is 27.2 Å². The van der Waals surface area contributed by atoms with Crippen LogP contribution in [-0.4, -0.2) is 25.2 Å². The van der Waals surface area contributed by atoms with Gasteiger partial charge in [-0.05, 0) is 32.4 Å². The highest BCUT2D eigenvalue weighted by Gasteiger charge is 2.17. The predicted octanol–water partition coefficient (Wildman–Crippen LogP) is 2.42. The van der Waals surface area contributed by atoms with Crippen LogP contribution in [0.4, 0.5) is 11.4 Å². The third-order valence-corrected chi connectivity index (χ3v) is 2.86. The van der Waals surface area contributed by atoms with Crippen LogP contribution in [0, 0.1) is 0 Å². The summed E-state index contributed by atoms with van der Waals surface area (Å²) in [4.78, 5) is 12.0. The molecule has 0 spiro atoms. The lowest BCUT2D eigenvalue weighted by atomic mass is 10.2. The summed E-state index contributed by atoms with van der Waals surface area (Å²) in [6.07, 6.45) is 0.397. The first kappa shape index (κ1) is 15.3. The van der Waals surface area contributed by atoms with Gasteiger partial charge in [-0.1, -0.05) is 6.92 Å². The van der Waals surface area contributed by atoms with E-state index in [4.69, 9.17) is 15.2 Å². The molecule has 106 valence electrons. The molecule has 1 rings (SSSR count). The van der Waals surface area contributed by atoms with Crippen LogP contribution in [0.2, 0.25) is 0 Å². The Bertz CT molecular complexity index is 435. The SMILES string of the molecule is CCC(C)OC(C)C(=O)Nc1ccc(N)cc1OC. The molecule has 0 saturated heterocycles. The second kappa shape index (κ2) is 6.99. The number of carbonyl (C=O) groups excluding carboxylic acids is 1. The number of amides is 1. The maximum absolute atomic E-state index is 12.0. The van der Waals surface area contributed by atoms with Gasteiger partial charge in [0.25, 0.3) is 5.91 Å². The number of nitrogens with one attached hydrogen (secondary N) is 1. The highest BCUT2D eigenvalue weighted by Crippen LogP contribution is 2.26. The number of nitrogen functional groups attached to an aromatic ring is 1. The largest absolute Gasteiger partial charge is 0.494 e. The fraction of sp³-hybridized carbons (Fsp3) is 0.500. The van der Waals surface area contributed by atoms with E-state index in [0.717, 1.165) is 6.42 Å². The van der Waals surface area contributed by atoms with Gasteiger partial charge in [0.15, 0.2) is 0 Å². The molecule has 3 N–H and O–H groups in total. The quantitative estimate of drug-likeness (QED) is 0.775. The average Bonchev–Trinajstić information content (AvgIpc) is 2.40. The van der Waals surface area contributed by atoms with Crippen molar-refractivity contribution in [3.8, 4) is 5.75 Å². The van der Waals surface area contributed by atoms with Crippen molar-refractivity contribution in [2.45, 2.75) is 39.4 Å². The fourth-order valence-electron chi connectivity index (χ4n) is 1.55. The van der Waals surface area contributed by atoms with Crippen molar-refractivity contribution in [3.63, 3.8) is 0 Å². The minimum Gasteiger partial charge on any atom is -0.494 e. The van der Waals surface area contributed by atoms with Gasteiger partial charge in [0.05, 0.1) is 18.9 Å². The van der Waals surface area contributed by atoms with Gasteiger partial charge in [-0.2, -0.15) is 0 Å². The van der Waals surface area contributed by atoms with Gasteiger partial charge in [0, 0.05) is 11.8 Å². The normalized spacial score (nSPS) is 13.7. The van der Waals surface area contributed by atoms with Gasteiger partial charge in [-0.3, -0.25) is 4.79 Å². The van der Waals surface area contributed by atoms with Crippen LogP contribution in [0.25, 0.3) is 0 Å². The number of nitrogens with two attached hydrogens (primary N) is 1. The lowest BCUT2D eigenvalue weighted by Crippen LogP contribution is -2.30. The van der Waals surface area contributed by atoms with Crippen molar-refractivity contribution in [3.05, 3.63) is 18.2 Å². The highest BCUT2D eigenvalue weighted by atomic mass is 16.5. The number of hydrogen-bond acceptors (Lipinski definition) is 4. The second-order valence-corrected chi connectivity index (χ2v) is 4.45. The molecule has 19 heavy (non-hydrogen) atoms. The predicted molar refractivity (Wildman–Crippen MR) is 76.3 cm³/mol. The fourth-order valence-corrected chi connectivity index (χ4v) is 1.55. The van der Waals surface area contributed by atoms with Crippen molar-refractivity contribution < 1.29 is 14.3 Å². The molecular formula is C14H22N2O3. The smallest absolute Gasteiger partial charge is 0.253 e. The summed E-state index contributed by atoms with van der Waals surface area (Å²) in [6, 6.07) is 5.08. The number of hydrogen-bond donors (Lipinski definition) is 2. The molecule has 5 heteroatoms. The Labute approximate surface area is 114 Å². The molecule has 0 aromatic heterocycles. The summed E-state index contributed by atoms with van der Waals surface area (Å²) in [6.45, 7) is 5.68. The van der Waals surface area contributed by atoms with Gasteiger partial charge in [-0.25, -0.2) is 0 Å². The van der Waals surface area contributed by atoms with Gasteiger partial charge >= 0.3 is 0 Å². The van der Waals surface area contributed by atoms with E-state index in [1.54, 1.807) is 25.1 Å². The standard InChI is InChI=1S/C14H22N2O3/c1-5-9(2)19-10(3)14(17)16-12-7-6-11(15)8-13(12)18-4/h6-10H,5,15H2,1-4H3,(H,16,17). The van der Waals surface area contributed by atoms with Gasteiger partial charge < -0.3 is 20.5 Å². The number of rotatable bonds is 6. The molecule has 0 fully saturated rings. The molecule has 0 saturated carbocycles. The molecule has 1 amide bonds. The molecule has 0 aliphatic carbocycles. The zero-order chi connectivity index (χ0) is 14.4.